The van der Waals surface area contributed by atoms with E-state index in [4.69, 9.17) is 4.74 Å². The Morgan fingerprint density at radius 2 is 2.00 bits per heavy atom. The van der Waals surface area contributed by atoms with Crippen LogP contribution in [0.15, 0.2) is 0 Å². The molecule has 0 bridgehead atoms. The van der Waals surface area contributed by atoms with Crippen molar-refractivity contribution < 1.29 is 4.74 Å². The van der Waals surface area contributed by atoms with Crippen molar-refractivity contribution in [3.05, 3.63) is 4.88 Å². The molecule has 1 unspecified atom stereocenters. The molecule has 0 aliphatic rings. The molecule has 0 aliphatic heterocycles. The molecule has 0 radical (unpaired) electrons. The minimum atomic E-state index is 0.490. The summed E-state index contributed by atoms with van der Waals surface area (Å²) >= 11 is 1.67. The van der Waals surface area contributed by atoms with Crippen LogP contribution in [-0.4, -0.2) is 32.2 Å². The number of aromatic nitrogens is 1. The van der Waals surface area contributed by atoms with Crippen LogP contribution in [-0.2, 0) is 6.54 Å². The van der Waals surface area contributed by atoms with E-state index in [-0.39, 0.29) is 0 Å². The second-order valence-electron chi connectivity index (χ2n) is 4.74. The zero-order chi connectivity index (χ0) is 13.0. The second kappa shape index (κ2) is 6.21. The molecule has 0 spiro atoms. The summed E-state index contributed by atoms with van der Waals surface area (Å²) < 4.78 is 5.30. The molecule has 0 saturated carbocycles. The van der Waals surface area contributed by atoms with E-state index < -0.39 is 0 Å². The smallest absolute Gasteiger partial charge is 0.230 e. The van der Waals surface area contributed by atoms with Gasteiger partial charge >= 0.3 is 0 Å². The molecule has 4 nitrogen and oxygen atoms in total. The third-order valence-corrected chi connectivity index (χ3v) is 4.02. The summed E-state index contributed by atoms with van der Waals surface area (Å²) in [5, 5.41) is 4.48. The Balaban J connectivity index is 2.69. The number of methoxy groups -OCH3 is 1. The molecule has 1 atom stereocenters. The summed E-state index contributed by atoms with van der Waals surface area (Å²) in [6.45, 7) is 7.44. The van der Waals surface area contributed by atoms with Crippen LogP contribution in [0.4, 0.5) is 5.13 Å². The number of nitrogens with zero attached hydrogens (tertiary/aromatic N) is 2. The molecular weight excluding hydrogens is 234 g/mol. The lowest BCUT2D eigenvalue weighted by molar-refractivity contribution is 0.386. The highest BCUT2D eigenvalue weighted by atomic mass is 32.1. The van der Waals surface area contributed by atoms with Crippen LogP contribution in [0.2, 0.25) is 0 Å². The van der Waals surface area contributed by atoms with Crippen molar-refractivity contribution in [3.8, 4) is 5.88 Å². The molecule has 0 fully saturated rings. The zero-order valence-corrected chi connectivity index (χ0v) is 12.4. The van der Waals surface area contributed by atoms with Crippen LogP contribution < -0.4 is 15.0 Å². The van der Waals surface area contributed by atoms with Crippen LogP contribution in [0.1, 0.15) is 25.6 Å². The third-order valence-electron chi connectivity index (χ3n) is 2.81. The van der Waals surface area contributed by atoms with Crippen LogP contribution in [0.5, 0.6) is 5.88 Å². The normalized spacial score (nSPS) is 12.9. The molecule has 98 valence electrons. The van der Waals surface area contributed by atoms with E-state index >= 15 is 0 Å². The highest BCUT2D eigenvalue weighted by molar-refractivity contribution is 7.15. The molecule has 1 aromatic heterocycles. The van der Waals surface area contributed by atoms with Crippen molar-refractivity contribution in [2.75, 3.05) is 26.1 Å². The standard InChI is InChI=1S/C12H23N3OS/c1-8(2)9(3)13-7-10-11(16-6)14-12(17-10)15(4)5/h8-9,13H,7H2,1-6H3. The van der Waals surface area contributed by atoms with Crippen molar-refractivity contribution in [3.63, 3.8) is 0 Å². The van der Waals surface area contributed by atoms with Crippen LogP contribution in [0.25, 0.3) is 0 Å². The van der Waals surface area contributed by atoms with E-state index in [1.807, 2.05) is 19.0 Å². The first-order valence-corrected chi connectivity index (χ1v) is 6.71. The van der Waals surface area contributed by atoms with Gasteiger partial charge in [-0.05, 0) is 12.8 Å². The number of rotatable bonds is 6. The average molecular weight is 257 g/mol. The predicted molar refractivity (Wildman–Crippen MR) is 74.1 cm³/mol. The van der Waals surface area contributed by atoms with Gasteiger partial charge in [0.2, 0.25) is 5.88 Å². The highest BCUT2D eigenvalue weighted by Crippen LogP contribution is 2.30. The zero-order valence-electron chi connectivity index (χ0n) is 11.6. The number of hydrogen-bond donors (Lipinski definition) is 1. The van der Waals surface area contributed by atoms with E-state index in [9.17, 15) is 0 Å². The Labute approximate surface area is 108 Å². The maximum Gasteiger partial charge on any atom is 0.230 e. The lowest BCUT2D eigenvalue weighted by Crippen LogP contribution is -2.29. The Hall–Kier alpha value is -0.810. The van der Waals surface area contributed by atoms with Gasteiger partial charge in [-0.2, -0.15) is 4.98 Å². The maximum absolute atomic E-state index is 5.30. The summed E-state index contributed by atoms with van der Waals surface area (Å²) in [6.07, 6.45) is 0. The molecule has 5 heteroatoms. The maximum atomic E-state index is 5.30. The van der Waals surface area contributed by atoms with E-state index in [0.717, 1.165) is 22.4 Å². The Kier molecular flexibility index (Phi) is 5.21. The van der Waals surface area contributed by atoms with Gasteiger partial charge in [0.25, 0.3) is 0 Å². The van der Waals surface area contributed by atoms with Crippen molar-refractivity contribution in [1.29, 1.82) is 0 Å². The quantitative estimate of drug-likeness (QED) is 0.849. The van der Waals surface area contributed by atoms with Gasteiger partial charge in [-0.1, -0.05) is 25.2 Å². The number of anilines is 1. The highest BCUT2D eigenvalue weighted by Gasteiger charge is 2.14. The SMILES string of the molecule is COc1nc(N(C)C)sc1CNC(C)C(C)C. The van der Waals surface area contributed by atoms with Gasteiger partial charge < -0.3 is 15.0 Å². The van der Waals surface area contributed by atoms with Crippen molar-refractivity contribution >= 4 is 16.5 Å². The van der Waals surface area contributed by atoms with Crippen molar-refractivity contribution in [2.24, 2.45) is 5.92 Å². The fourth-order valence-electron chi connectivity index (χ4n) is 1.28. The summed E-state index contributed by atoms with van der Waals surface area (Å²) in [5.74, 6) is 1.37. The van der Waals surface area contributed by atoms with Crippen molar-refractivity contribution in [1.82, 2.24) is 10.3 Å². The lowest BCUT2D eigenvalue weighted by Gasteiger charge is -2.16. The van der Waals surface area contributed by atoms with E-state index in [1.54, 1.807) is 18.4 Å². The molecular formula is C12H23N3OS. The Morgan fingerprint density at radius 3 is 2.47 bits per heavy atom. The topological polar surface area (TPSA) is 37.4 Å². The van der Waals surface area contributed by atoms with Gasteiger partial charge in [-0.15, -0.1) is 0 Å². The first-order chi connectivity index (χ1) is 7.95. The van der Waals surface area contributed by atoms with Gasteiger partial charge in [-0.25, -0.2) is 0 Å². The first-order valence-electron chi connectivity index (χ1n) is 5.90. The number of thiazole rings is 1. The summed E-state index contributed by atoms with van der Waals surface area (Å²) in [7, 11) is 5.66. The van der Waals surface area contributed by atoms with Gasteiger partial charge in [0.1, 0.15) is 0 Å². The summed E-state index contributed by atoms with van der Waals surface area (Å²) in [6, 6.07) is 0.490. The largest absolute Gasteiger partial charge is 0.480 e. The molecule has 0 amide bonds. The average Bonchev–Trinajstić information content (AvgIpc) is 2.68. The fourth-order valence-corrected chi connectivity index (χ4v) is 2.18. The minimum Gasteiger partial charge on any atom is -0.480 e. The summed E-state index contributed by atoms with van der Waals surface area (Å²) in [5.41, 5.74) is 0. The Morgan fingerprint density at radius 1 is 1.35 bits per heavy atom. The lowest BCUT2D eigenvalue weighted by atomic mass is 10.1. The molecule has 1 heterocycles. The summed E-state index contributed by atoms with van der Waals surface area (Å²) in [4.78, 5) is 7.59. The number of ether oxygens (including phenoxy) is 1. The third kappa shape index (κ3) is 3.85. The van der Waals surface area contributed by atoms with Crippen LogP contribution in [0, 0.1) is 5.92 Å². The second-order valence-corrected chi connectivity index (χ2v) is 5.80. The molecule has 0 saturated heterocycles. The molecule has 1 N–H and O–H groups in total. The minimum absolute atomic E-state index is 0.490. The predicted octanol–water partition coefficient (Wildman–Crippen LogP) is 2.35. The van der Waals surface area contributed by atoms with E-state index in [0.29, 0.717) is 12.0 Å². The monoisotopic (exact) mass is 257 g/mol. The van der Waals surface area contributed by atoms with Gasteiger partial charge in [0.15, 0.2) is 5.13 Å². The van der Waals surface area contributed by atoms with Crippen LogP contribution >= 0.6 is 11.3 Å². The molecule has 0 aliphatic carbocycles. The van der Waals surface area contributed by atoms with Gasteiger partial charge in [0, 0.05) is 26.7 Å². The number of hydrogen-bond acceptors (Lipinski definition) is 5. The molecule has 0 aromatic carbocycles. The van der Waals surface area contributed by atoms with Gasteiger partial charge in [-0.3, -0.25) is 0 Å². The van der Waals surface area contributed by atoms with Gasteiger partial charge in [0.05, 0.1) is 12.0 Å². The molecule has 1 rings (SSSR count). The van der Waals surface area contributed by atoms with E-state index in [2.05, 4.69) is 31.1 Å². The molecule has 17 heavy (non-hydrogen) atoms. The van der Waals surface area contributed by atoms with Crippen molar-refractivity contribution in [2.45, 2.75) is 33.4 Å². The first kappa shape index (κ1) is 14.3. The Bertz CT molecular complexity index is 350. The molecule has 1 aromatic rings. The van der Waals surface area contributed by atoms with E-state index in [1.165, 1.54) is 0 Å². The van der Waals surface area contributed by atoms with Crippen LogP contribution in [0.3, 0.4) is 0 Å². The fraction of sp³-hybridized carbons (Fsp3) is 0.750. The number of nitrogens with one attached hydrogen (secondary N) is 1.